The second-order valence-corrected chi connectivity index (χ2v) is 3.32. The molecule has 0 amide bonds. The average Bonchev–Trinajstić information content (AvgIpc) is 2.65. The van der Waals surface area contributed by atoms with E-state index in [2.05, 4.69) is 20.5 Å². The van der Waals surface area contributed by atoms with Crippen LogP contribution in [0.1, 0.15) is 12.1 Å². The molecule has 0 saturated heterocycles. The molecule has 3 aliphatic rings. The molecule has 0 saturated carbocycles. The highest BCUT2D eigenvalue weighted by Crippen LogP contribution is 2.32. The maximum Gasteiger partial charge on any atom is 0.113 e. The summed E-state index contributed by atoms with van der Waals surface area (Å²) in [6.45, 7) is 1.05. The van der Waals surface area contributed by atoms with Crippen LogP contribution in [-0.2, 0) is 6.42 Å². The van der Waals surface area contributed by atoms with Crippen molar-refractivity contribution < 1.29 is 0 Å². The Morgan fingerprint density at radius 1 is 1.38 bits per heavy atom. The molecule has 3 rings (SSSR count). The fraction of sp³-hybridized carbons (Fsp3) is 0.333. The van der Waals surface area contributed by atoms with Gasteiger partial charge < -0.3 is 10.3 Å². The lowest BCUT2D eigenvalue weighted by atomic mass is 10.0. The van der Waals surface area contributed by atoms with E-state index in [9.17, 15) is 0 Å². The van der Waals surface area contributed by atoms with Gasteiger partial charge in [0.2, 0.25) is 0 Å². The maximum atomic E-state index is 4.01. The van der Waals surface area contributed by atoms with Gasteiger partial charge in [0.1, 0.15) is 5.69 Å². The summed E-state index contributed by atoms with van der Waals surface area (Å²) < 4.78 is 0. The van der Waals surface area contributed by atoms with Gasteiger partial charge in [-0.2, -0.15) is 5.10 Å². The SMILES string of the molecule is c1[nH]c2c(c3cnnc1-3)NCCC2. The van der Waals surface area contributed by atoms with E-state index in [-0.39, 0.29) is 0 Å². The Labute approximate surface area is 75.7 Å². The molecule has 0 aliphatic carbocycles. The number of hydrogen-bond acceptors (Lipinski definition) is 3. The topological polar surface area (TPSA) is 53.6 Å². The number of hydrogen-bond donors (Lipinski definition) is 2. The van der Waals surface area contributed by atoms with Gasteiger partial charge in [-0.25, -0.2) is 0 Å². The minimum atomic E-state index is 0.938. The van der Waals surface area contributed by atoms with Crippen molar-refractivity contribution >= 4 is 5.69 Å². The first-order valence-corrected chi connectivity index (χ1v) is 4.50. The number of fused-ring (bicyclic) bond motifs is 3. The number of aromatic amines is 1. The lowest BCUT2D eigenvalue weighted by Gasteiger charge is -2.19. The third-order valence-electron chi connectivity index (χ3n) is 2.49. The molecule has 0 atom stereocenters. The molecule has 13 heavy (non-hydrogen) atoms. The van der Waals surface area contributed by atoms with Gasteiger partial charge in [0.05, 0.1) is 11.9 Å². The van der Waals surface area contributed by atoms with Gasteiger partial charge in [-0.15, -0.1) is 5.10 Å². The quantitative estimate of drug-likeness (QED) is 0.632. The molecule has 0 aromatic carbocycles. The molecule has 2 N–H and O–H groups in total. The van der Waals surface area contributed by atoms with E-state index in [1.165, 1.54) is 17.8 Å². The number of nitrogens with one attached hydrogen (secondary N) is 2. The summed E-state index contributed by atoms with van der Waals surface area (Å²) in [5.74, 6) is 0. The average molecular weight is 174 g/mol. The van der Waals surface area contributed by atoms with E-state index >= 15 is 0 Å². The number of rotatable bonds is 0. The summed E-state index contributed by atoms with van der Waals surface area (Å²) in [4.78, 5) is 3.25. The predicted molar refractivity (Wildman–Crippen MR) is 49.8 cm³/mol. The van der Waals surface area contributed by atoms with Crippen molar-refractivity contribution in [2.45, 2.75) is 12.8 Å². The van der Waals surface area contributed by atoms with Crippen LogP contribution in [0.25, 0.3) is 11.3 Å². The number of nitrogens with zero attached hydrogens (tertiary/aromatic N) is 2. The normalized spacial score (nSPS) is 15.4. The molecule has 3 heterocycles. The second-order valence-electron chi connectivity index (χ2n) is 3.32. The van der Waals surface area contributed by atoms with Crippen LogP contribution in [-0.4, -0.2) is 21.7 Å². The Balaban J connectivity index is 2.28. The largest absolute Gasteiger partial charge is 0.383 e. The van der Waals surface area contributed by atoms with Crippen molar-refractivity contribution in [3.8, 4) is 11.3 Å². The van der Waals surface area contributed by atoms with Crippen LogP contribution in [0, 0.1) is 0 Å². The van der Waals surface area contributed by atoms with E-state index in [4.69, 9.17) is 0 Å². The van der Waals surface area contributed by atoms with Crippen LogP contribution < -0.4 is 5.32 Å². The first kappa shape index (κ1) is 6.88. The van der Waals surface area contributed by atoms with Gasteiger partial charge in [0.25, 0.3) is 0 Å². The highest BCUT2D eigenvalue weighted by atomic mass is 15.1. The van der Waals surface area contributed by atoms with E-state index < -0.39 is 0 Å². The third kappa shape index (κ3) is 0.915. The standard InChI is InChI=1S/C9H10N4/c1-2-7-9(10-3-1)6-4-12-13-8(6)5-11-7/h4-5,10-11H,1-3H2. The predicted octanol–water partition coefficient (Wildman–Crippen LogP) is 1.27. The van der Waals surface area contributed by atoms with E-state index in [1.807, 2.05) is 12.4 Å². The third-order valence-corrected chi connectivity index (χ3v) is 2.49. The smallest absolute Gasteiger partial charge is 0.113 e. The van der Waals surface area contributed by atoms with Gasteiger partial charge in [0.15, 0.2) is 0 Å². The van der Waals surface area contributed by atoms with Crippen molar-refractivity contribution in [2.75, 3.05) is 11.9 Å². The van der Waals surface area contributed by atoms with Crippen molar-refractivity contribution in [2.24, 2.45) is 0 Å². The zero-order valence-electron chi connectivity index (χ0n) is 7.17. The summed E-state index contributed by atoms with van der Waals surface area (Å²) in [5, 5.41) is 11.3. The zero-order valence-corrected chi connectivity index (χ0v) is 7.17. The number of anilines is 1. The molecule has 0 bridgehead atoms. The van der Waals surface area contributed by atoms with Crippen molar-refractivity contribution in [1.82, 2.24) is 15.2 Å². The Morgan fingerprint density at radius 3 is 3.38 bits per heavy atom. The fourth-order valence-corrected chi connectivity index (χ4v) is 1.84. The number of aryl methyl sites for hydroxylation is 1. The first-order valence-electron chi connectivity index (χ1n) is 4.50. The number of pyridine rings is 1. The molecular weight excluding hydrogens is 164 g/mol. The summed E-state index contributed by atoms with van der Waals surface area (Å²) >= 11 is 0. The maximum absolute atomic E-state index is 4.01. The van der Waals surface area contributed by atoms with Gasteiger partial charge >= 0.3 is 0 Å². The fourth-order valence-electron chi connectivity index (χ4n) is 1.84. The summed E-state index contributed by atoms with van der Waals surface area (Å²) in [7, 11) is 0. The van der Waals surface area contributed by atoms with Gasteiger partial charge in [-0.05, 0) is 12.8 Å². The van der Waals surface area contributed by atoms with Gasteiger partial charge in [0, 0.05) is 24.0 Å². The Hall–Kier alpha value is -1.58. The molecule has 0 aromatic heterocycles. The van der Waals surface area contributed by atoms with Crippen LogP contribution in [0.15, 0.2) is 12.4 Å². The van der Waals surface area contributed by atoms with Crippen molar-refractivity contribution in [3.63, 3.8) is 0 Å². The molecule has 3 aliphatic heterocycles. The molecule has 0 spiro atoms. The molecule has 0 radical (unpaired) electrons. The van der Waals surface area contributed by atoms with E-state index in [1.54, 1.807) is 0 Å². The summed E-state index contributed by atoms with van der Waals surface area (Å²) in [6, 6.07) is 0. The van der Waals surface area contributed by atoms with Crippen molar-refractivity contribution in [3.05, 3.63) is 18.1 Å². The molecule has 0 fully saturated rings. The highest BCUT2D eigenvalue weighted by Gasteiger charge is 2.17. The Kier molecular flexibility index (Phi) is 1.30. The Bertz CT molecular complexity index is 406. The summed E-state index contributed by atoms with van der Waals surface area (Å²) in [5.41, 5.74) is 4.53. The lowest BCUT2D eigenvalue weighted by molar-refractivity contribution is 0.802. The van der Waals surface area contributed by atoms with E-state index in [0.29, 0.717) is 0 Å². The molecule has 4 nitrogen and oxygen atoms in total. The first-order chi connectivity index (χ1) is 6.45. The molecule has 66 valence electrons. The van der Waals surface area contributed by atoms with Crippen LogP contribution >= 0.6 is 0 Å². The minimum absolute atomic E-state index is 0.938. The number of aromatic nitrogens is 3. The highest BCUT2D eigenvalue weighted by molar-refractivity contribution is 5.77. The van der Waals surface area contributed by atoms with Crippen LogP contribution in [0.2, 0.25) is 0 Å². The van der Waals surface area contributed by atoms with Crippen LogP contribution in [0.3, 0.4) is 0 Å². The monoisotopic (exact) mass is 174 g/mol. The molecule has 4 heteroatoms. The molecule has 0 unspecified atom stereocenters. The van der Waals surface area contributed by atoms with Crippen LogP contribution in [0.4, 0.5) is 5.69 Å². The minimum Gasteiger partial charge on any atom is -0.383 e. The zero-order chi connectivity index (χ0) is 8.67. The van der Waals surface area contributed by atoms with Crippen molar-refractivity contribution in [1.29, 1.82) is 0 Å². The summed E-state index contributed by atoms with van der Waals surface area (Å²) in [6.07, 6.45) is 6.05. The second kappa shape index (κ2) is 2.45. The number of H-pyrrole nitrogens is 1. The van der Waals surface area contributed by atoms with Gasteiger partial charge in [-0.3, -0.25) is 0 Å². The van der Waals surface area contributed by atoms with E-state index in [0.717, 1.165) is 24.2 Å². The van der Waals surface area contributed by atoms with Crippen LogP contribution in [0.5, 0.6) is 0 Å². The molecular formula is C9H10N4. The lowest BCUT2D eigenvalue weighted by Crippen LogP contribution is -2.14. The van der Waals surface area contributed by atoms with Gasteiger partial charge in [-0.1, -0.05) is 0 Å². The Morgan fingerprint density at radius 2 is 2.38 bits per heavy atom. The molecule has 0 aromatic rings.